The normalized spacial score (nSPS) is 11.2. The van der Waals surface area contributed by atoms with E-state index in [0.717, 1.165) is 16.6 Å². The lowest BCUT2D eigenvalue weighted by molar-refractivity contribution is 0.621. The van der Waals surface area contributed by atoms with Gasteiger partial charge in [0.25, 0.3) is 0 Å². The molecule has 0 aliphatic heterocycles. The van der Waals surface area contributed by atoms with Crippen LogP contribution in [0.4, 0.5) is 4.39 Å². The Hall–Kier alpha value is -0.920. The number of rotatable bonds is 2. The van der Waals surface area contributed by atoms with E-state index in [-0.39, 0.29) is 5.82 Å². The molecule has 2 aromatic carbocycles. The van der Waals surface area contributed by atoms with Crippen LogP contribution in [0.1, 0.15) is 5.56 Å². The summed E-state index contributed by atoms with van der Waals surface area (Å²) in [6.07, 6.45) is 0. The van der Waals surface area contributed by atoms with Crippen LogP contribution < -0.4 is 0 Å². The van der Waals surface area contributed by atoms with Crippen LogP contribution in [-0.4, -0.2) is 9.55 Å². The molecule has 1 N–H and O–H groups in total. The summed E-state index contributed by atoms with van der Waals surface area (Å²) in [7, 11) is 0. The number of aromatic amines is 1. The molecule has 0 radical (unpaired) electrons. The molecule has 3 rings (SSSR count). The fourth-order valence-corrected chi connectivity index (χ4v) is 3.08. The van der Waals surface area contributed by atoms with Crippen molar-refractivity contribution in [3.05, 3.63) is 61.1 Å². The molecule has 0 atom stereocenters. The topological polar surface area (TPSA) is 20.7 Å². The Bertz CT molecular complexity index is 856. The molecule has 0 aliphatic carbocycles. The SMILES string of the molecule is Fc1cc2c(cc1I)[nH]c(=S)n2Cc1cccc(Cl)c1. The van der Waals surface area contributed by atoms with Crippen molar-refractivity contribution in [3.8, 4) is 0 Å². The zero-order valence-corrected chi connectivity index (χ0v) is 13.9. The fourth-order valence-electron chi connectivity index (χ4n) is 2.13. The van der Waals surface area contributed by atoms with E-state index in [2.05, 4.69) is 4.98 Å². The first-order chi connectivity index (χ1) is 9.54. The van der Waals surface area contributed by atoms with Gasteiger partial charge in [-0.15, -0.1) is 0 Å². The third-order valence-corrected chi connectivity index (χ3v) is 4.43. The van der Waals surface area contributed by atoms with Crippen LogP contribution in [0.15, 0.2) is 36.4 Å². The molecular formula is C14H9ClFIN2S. The molecular weight excluding hydrogens is 410 g/mol. The highest BCUT2D eigenvalue weighted by atomic mass is 127. The summed E-state index contributed by atoms with van der Waals surface area (Å²) in [6, 6.07) is 10.8. The highest BCUT2D eigenvalue weighted by Gasteiger charge is 2.09. The van der Waals surface area contributed by atoms with Crippen molar-refractivity contribution in [2.24, 2.45) is 0 Å². The van der Waals surface area contributed by atoms with E-state index < -0.39 is 0 Å². The lowest BCUT2D eigenvalue weighted by Gasteiger charge is -2.06. The Labute approximate surface area is 138 Å². The lowest BCUT2D eigenvalue weighted by atomic mass is 10.2. The average molecular weight is 419 g/mol. The Morgan fingerprint density at radius 3 is 2.85 bits per heavy atom. The predicted octanol–water partition coefficient (Wildman–Crippen LogP) is 5.14. The molecule has 2 nitrogen and oxygen atoms in total. The molecule has 0 bridgehead atoms. The van der Waals surface area contributed by atoms with Gasteiger partial charge in [0, 0.05) is 11.1 Å². The minimum atomic E-state index is -0.244. The van der Waals surface area contributed by atoms with Gasteiger partial charge in [-0.25, -0.2) is 4.39 Å². The maximum atomic E-state index is 13.8. The minimum absolute atomic E-state index is 0.244. The summed E-state index contributed by atoms with van der Waals surface area (Å²) in [5.41, 5.74) is 2.61. The number of hydrogen-bond acceptors (Lipinski definition) is 1. The van der Waals surface area contributed by atoms with Crippen LogP contribution in [0.25, 0.3) is 11.0 Å². The maximum absolute atomic E-state index is 13.8. The molecule has 6 heteroatoms. The van der Waals surface area contributed by atoms with Crippen LogP contribution >= 0.6 is 46.4 Å². The number of imidazole rings is 1. The van der Waals surface area contributed by atoms with E-state index in [1.807, 2.05) is 51.4 Å². The number of aromatic nitrogens is 2. The number of hydrogen-bond donors (Lipinski definition) is 1. The standard InChI is InChI=1S/C14H9ClFIN2S/c15-9-3-1-2-8(4-9)7-19-13-5-10(16)11(17)6-12(13)18-14(19)20/h1-6H,7H2,(H,18,20). The summed E-state index contributed by atoms with van der Waals surface area (Å²) >= 11 is 13.3. The van der Waals surface area contributed by atoms with Gasteiger partial charge < -0.3 is 9.55 Å². The van der Waals surface area contributed by atoms with Gasteiger partial charge in [-0.1, -0.05) is 23.7 Å². The van der Waals surface area contributed by atoms with Crippen molar-refractivity contribution in [2.75, 3.05) is 0 Å². The molecule has 0 saturated heterocycles. The van der Waals surface area contributed by atoms with E-state index in [1.165, 1.54) is 6.07 Å². The second-order valence-electron chi connectivity index (χ2n) is 4.43. The van der Waals surface area contributed by atoms with Crippen LogP contribution in [-0.2, 0) is 6.54 Å². The van der Waals surface area contributed by atoms with Gasteiger partial charge in [0.2, 0.25) is 0 Å². The van der Waals surface area contributed by atoms with Crippen molar-refractivity contribution in [2.45, 2.75) is 6.54 Å². The summed E-state index contributed by atoms with van der Waals surface area (Å²) in [4.78, 5) is 3.10. The number of nitrogens with zero attached hydrogens (tertiary/aromatic N) is 1. The average Bonchev–Trinajstić information content (AvgIpc) is 2.67. The second kappa shape index (κ2) is 5.46. The van der Waals surface area contributed by atoms with E-state index in [4.69, 9.17) is 23.8 Å². The van der Waals surface area contributed by atoms with Crippen molar-refractivity contribution in [1.29, 1.82) is 0 Å². The lowest BCUT2D eigenvalue weighted by Crippen LogP contribution is -2.00. The smallest absolute Gasteiger partial charge is 0.178 e. The molecule has 0 spiro atoms. The Morgan fingerprint density at radius 2 is 2.10 bits per heavy atom. The first-order valence-corrected chi connectivity index (χ1v) is 7.73. The molecule has 0 unspecified atom stereocenters. The monoisotopic (exact) mass is 418 g/mol. The van der Waals surface area contributed by atoms with E-state index in [0.29, 0.717) is 19.9 Å². The molecule has 20 heavy (non-hydrogen) atoms. The number of H-pyrrole nitrogens is 1. The largest absolute Gasteiger partial charge is 0.331 e. The zero-order valence-electron chi connectivity index (χ0n) is 10.2. The summed E-state index contributed by atoms with van der Waals surface area (Å²) in [5.74, 6) is -0.244. The predicted molar refractivity (Wildman–Crippen MR) is 90.4 cm³/mol. The third-order valence-electron chi connectivity index (χ3n) is 3.05. The highest BCUT2D eigenvalue weighted by molar-refractivity contribution is 14.1. The van der Waals surface area contributed by atoms with Gasteiger partial charge in [0.15, 0.2) is 4.77 Å². The first-order valence-electron chi connectivity index (χ1n) is 5.86. The van der Waals surface area contributed by atoms with Crippen molar-refractivity contribution >= 4 is 57.4 Å². The van der Waals surface area contributed by atoms with Crippen LogP contribution in [0.3, 0.4) is 0 Å². The highest BCUT2D eigenvalue weighted by Crippen LogP contribution is 2.22. The van der Waals surface area contributed by atoms with Gasteiger partial charge >= 0.3 is 0 Å². The number of halogens is 3. The summed E-state index contributed by atoms with van der Waals surface area (Å²) in [6.45, 7) is 0.555. The number of nitrogens with one attached hydrogen (secondary N) is 1. The minimum Gasteiger partial charge on any atom is -0.331 e. The molecule has 0 saturated carbocycles. The zero-order chi connectivity index (χ0) is 14.3. The third kappa shape index (κ3) is 2.62. The fraction of sp³-hybridized carbons (Fsp3) is 0.0714. The van der Waals surface area contributed by atoms with Crippen LogP contribution in [0, 0.1) is 14.2 Å². The van der Waals surface area contributed by atoms with Gasteiger partial charge in [0.1, 0.15) is 5.82 Å². The van der Waals surface area contributed by atoms with Crippen molar-refractivity contribution in [1.82, 2.24) is 9.55 Å². The van der Waals surface area contributed by atoms with Gasteiger partial charge in [-0.05, 0) is 58.6 Å². The number of benzene rings is 2. The molecule has 0 amide bonds. The van der Waals surface area contributed by atoms with Gasteiger partial charge in [0.05, 0.1) is 21.1 Å². The Kier molecular flexibility index (Phi) is 3.83. The van der Waals surface area contributed by atoms with Crippen molar-refractivity contribution in [3.63, 3.8) is 0 Å². The summed E-state index contributed by atoms with van der Waals surface area (Å²) in [5, 5.41) is 0.676. The van der Waals surface area contributed by atoms with E-state index in [9.17, 15) is 4.39 Å². The van der Waals surface area contributed by atoms with Crippen LogP contribution in [0.5, 0.6) is 0 Å². The molecule has 1 heterocycles. The Morgan fingerprint density at radius 1 is 1.30 bits per heavy atom. The van der Waals surface area contributed by atoms with Gasteiger partial charge in [-0.2, -0.15) is 0 Å². The van der Waals surface area contributed by atoms with Gasteiger partial charge in [-0.3, -0.25) is 0 Å². The molecule has 0 aliphatic rings. The maximum Gasteiger partial charge on any atom is 0.178 e. The second-order valence-corrected chi connectivity index (χ2v) is 6.42. The van der Waals surface area contributed by atoms with Crippen LogP contribution in [0.2, 0.25) is 5.02 Å². The Balaban J connectivity index is 2.14. The van der Waals surface area contributed by atoms with E-state index >= 15 is 0 Å². The number of fused-ring (bicyclic) bond motifs is 1. The van der Waals surface area contributed by atoms with Crippen molar-refractivity contribution < 1.29 is 4.39 Å². The molecule has 0 fully saturated rings. The van der Waals surface area contributed by atoms with E-state index in [1.54, 1.807) is 6.07 Å². The molecule has 1 aromatic heterocycles. The molecule has 3 aromatic rings. The first kappa shape index (κ1) is 14.0. The summed E-state index contributed by atoms with van der Waals surface area (Å²) < 4.78 is 16.8. The molecule has 102 valence electrons. The quantitative estimate of drug-likeness (QED) is 0.451.